The molecule has 2 aromatic carbocycles. The molecule has 2 aliphatic heterocycles. The summed E-state index contributed by atoms with van der Waals surface area (Å²) >= 11 is 0. The maximum absolute atomic E-state index is 15.0. The van der Waals surface area contributed by atoms with Gasteiger partial charge in [0.2, 0.25) is 5.43 Å². The number of fused-ring (bicyclic) bond motifs is 5. The molecule has 3 heterocycles. The zero-order valence-corrected chi connectivity index (χ0v) is 18.6. The second kappa shape index (κ2) is 11.8. The Morgan fingerprint density at radius 2 is 1.70 bits per heavy atom. The molecule has 198 valence electrons. The number of aromatic nitrogens is 1. The van der Waals surface area contributed by atoms with Crippen LogP contribution in [0, 0.1) is 5.82 Å². The minimum absolute atomic E-state index is 0. The van der Waals surface area contributed by atoms with Gasteiger partial charge in [0.1, 0.15) is 19.3 Å². The lowest BCUT2D eigenvalue weighted by Gasteiger charge is -2.46. The number of hydrogen-bond donors (Lipinski definition) is 1. The molecule has 2 aliphatic rings. The number of hydrogen-bond acceptors (Lipinski definition) is 5. The van der Waals surface area contributed by atoms with Crippen molar-refractivity contribution >= 4 is 5.91 Å². The van der Waals surface area contributed by atoms with Crippen LogP contribution in [-0.4, -0.2) is 39.9 Å². The molecule has 0 saturated carbocycles. The lowest BCUT2D eigenvalue weighted by atomic mass is 9.96. The first-order chi connectivity index (χ1) is 16.5. The molecule has 3 aromatic rings. The van der Waals surface area contributed by atoms with E-state index >= 15 is 4.39 Å². The van der Waals surface area contributed by atoms with Crippen molar-refractivity contribution in [3.05, 3.63) is 106 Å². The van der Waals surface area contributed by atoms with Gasteiger partial charge in [0.05, 0.1) is 0 Å². The SMILES string of the molecule is C.C.C.C[C@H]1C/C=C/COc2c(F)cccc2[C@@H](c2ccccc2)N2CN1C(=O)c1c(O)c(=O)ccn12. The molecule has 0 aliphatic carbocycles. The van der Waals surface area contributed by atoms with E-state index < -0.39 is 28.9 Å². The van der Waals surface area contributed by atoms with E-state index in [0.717, 1.165) is 5.56 Å². The standard InChI is InChI=1S/C26H24FN3O4.3CH4/c1-17-8-5-6-15-34-25-19(11-7-12-20(25)27)22(18-9-3-2-4-10-18)30-16-28(17)26(33)23-24(32)21(31)13-14-29(23)30;;;/h2-7,9-14,17,22,32H,8,15-16H2,1H3;3*1H4/b6-5+;;;/t17-,22+;;;/m0.../s1. The average Bonchev–Trinajstić information content (AvgIpc) is 2.83. The van der Waals surface area contributed by atoms with Gasteiger partial charge in [0, 0.05) is 23.9 Å². The first-order valence-electron chi connectivity index (χ1n) is 11.1. The molecule has 0 unspecified atom stereocenters. The Morgan fingerprint density at radius 1 is 0.973 bits per heavy atom. The number of nitrogens with zero attached hydrogens (tertiary/aromatic N) is 3. The third-order valence-corrected chi connectivity index (χ3v) is 6.30. The number of amides is 1. The third-order valence-electron chi connectivity index (χ3n) is 6.30. The van der Waals surface area contributed by atoms with Gasteiger partial charge in [-0.3, -0.25) is 19.3 Å². The summed E-state index contributed by atoms with van der Waals surface area (Å²) in [5.41, 5.74) is 0.635. The van der Waals surface area contributed by atoms with E-state index in [2.05, 4.69) is 0 Å². The number of aromatic hydroxyl groups is 1. The van der Waals surface area contributed by atoms with Crippen molar-refractivity contribution in [1.29, 1.82) is 0 Å². The van der Waals surface area contributed by atoms with E-state index in [1.54, 1.807) is 23.1 Å². The molecule has 8 heteroatoms. The Balaban J connectivity index is 0.00000160. The molecule has 5 rings (SSSR count). The lowest BCUT2D eigenvalue weighted by molar-refractivity contribution is 0.0606. The predicted octanol–water partition coefficient (Wildman–Crippen LogP) is 5.47. The van der Waals surface area contributed by atoms with E-state index in [1.165, 1.54) is 23.0 Å². The number of carbonyl (C=O) groups excluding carboxylic acids is 1. The number of para-hydroxylation sites is 1. The van der Waals surface area contributed by atoms with Gasteiger partial charge in [-0.2, -0.15) is 0 Å². The normalized spacial score (nSPS) is 19.2. The Bertz CT molecular complexity index is 1320. The molecule has 1 N–H and O–H groups in total. The van der Waals surface area contributed by atoms with Crippen LogP contribution < -0.4 is 15.2 Å². The smallest absolute Gasteiger partial charge is 0.278 e. The summed E-state index contributed by atoms with van der Waals surface area (Å²) < 4.78 is 22.4. The topological polar surface area (TPSA) is 75.0 Å². The van der Waals surface area contributed by atoms with Crippen LogP contribution >= 0.6 is 0 Å². The highest BCUT2D eigenvalue weighted by atomic mass is 19.1. The van der Waals surface area contributed by atoms with Crippen LogP contribution in [0.3, 0.4) is 0 Å². The summed E-state index contributed by atoms with van der Waals surface area (Å²) in [7, 11) is 0. The molecule has 1 aromatic heterocycles. The monoisotopic (exact) mass is 509 g/mol. The van der Waals surface area contributed by atoms with Crippen molar-refractivity contribution in [3.8, 4) is 11.5 Å². The molecule has 1 amide bonds. The highest BCUT2D eigenvalue weighted by Gasteiger charge is 2.39. The van der Waals surface area contributed by atoms with Crippen LogP contribution in [0.15, 0.2) is 77.7 Å². The summed E-state index contributed by atoms with van der Waals surface area (Å²) in [4.78, 5) is 27.3. The van der Waals surface area contributed by atoms with Gasteiger partial charge < -0.3 is 14.7 Å². The average molecular weight is 510 g/mol. The number of carbonyl (C=O) groups is 1. The fourth-order valence-corrected chi connectivity index (χ4v) is 4.56. The first-order valence-corrected chi connectivity index (χ1v) is 11.1. The van der Waals surface area contributed by atoms with Gasteiger partial charge in [0.15, 0.2) is 23.0 Å². The number of rotatable bonds is 1. The summed E-state index contributed by atoms with van der Waals surface area (Å²) in [5, 5.41) is 12.5. The minimum Gasteiger partial charge on any atom is -0.502 e. The van der Waals surface area contributed by atoms with Crippen LogP contribution in [0.5, 0.6) is 11.5 Å². The van der Waals surface area contributed by atoms with Gasteiger partial charge in [0.25, 0.3) is 5.91 Å². The summed E-state index contributed by atoms with van der Waals surface area (Å²) in [6.07, 6.45) is 5.68. The largest absolute Gasteiger partial charge is 0.502 e. The fourth-order valence-electron chi connectivity index (χ4n) is 4.56. The van der Waals surface area contributed by atoms with Crippen molar-refractivity contribution in [2.75, 3.05) is 18.3 Å². The van der Waals surface area contributed by atoms with Gasteiger partial charge in [-0.25, -0.2) is 4.39 Å². The van der Waals surface area contributed by atoms with Crippen molar-refractivity contribution in [3.63, 3.8) is 0 Å². The number of ether oxygens (including phenoxy) is 1. The maximum atomic E-state index is 15.0. The van der Waals surface area contributed by atoms with Crippen LogP contribution in [0.25, 0.3) is 0 Å². The Morgan fingerprint density at radius 3 is 2.43 bits per heavy atom. The number of pyridine rings is 1. The van der Waals surface area contributed by atoms with Gasteiger partial charge >= 0.3 is 0 Å². The van der Waals surface area contributed by atoms with Crippen molar-refractivity contribution in [1.82, 2.24) is 9.58 Å². The van der Waals surface area contributed by atoms with Crippen molar-refractivity contribution < 1.29 is 19.0 Å². The van der Waals surface area contributed by atoms with Crippen molar-refractivity contribution in [2.24, 2.45) is 0 Å². The van der Waals surface area contributed by atoms with E-state index in [0.29, 0.717) is 12.0 Å². The first kappa shape index (κ1) is 29.2. The molecule has 0 fully saturated rings. The number of benzene rings is 2. The maximum Gasteiger partial charge on any atom is 0.278 e. The second-order valence-corrected chi connectivity index (χ2v) is 8.42. The van der Waals surface area contributed by atoms with Gasteiger partial charge in [-0.05, 0) is 25.0 Å². The molecule has 2 bridgehead atoms. The third kappa shape index (κ3) is 5.09. The van der Waals surface area contributed by atoms with Crippen LogP contribution in [0.2, 0.25) is 0 Å². The Hall–Kier alpha value is -4.07. The predicted molar refractivity (Wildman–Crippen MR) is 145 cm³/mol. The van der Waals surface area contributed by atoms with E-state index in [-0.39, 0.29) is 53.0 Å². The zero-order chi connectivity index (χ0) is 23.8. The highest BCUT2D eigenvalue weighted by molar-refractivity contribution is 5.96. The molecule has 7 nitrogen and oxygen atoms in total. The van der Waals surface area contributed by atoms with Crippen LogP contribution in [0.1, 0.15) is 63.3 Å². The molecule has 0 radical (unpaired) electrons. The highest BCUT2D eigenvalue weighted by Crippen LogP contribution is 2.38. The summed E-state index contributed by atoms with van der Waals surface area (Å²) in [5.74, 6) is -1.43. The van der Waals surface area contributed by atoms with E-state index in [1.807, 2.05) is 48.3 Å². The minimum atomic E-state index is -0.638. The Kier molecular flexibility index (Phi) is 9.28. The molecule has 0 saturated heterocycles. The molecule has 37 heavy (non-hydrogen) atoms. The molecule has 0 spiro atoms. The lowest BCUT2D eigenvalue weighted by Crippen LogP contribution is -2.57. The van der Waals surface area contributed by atoms with Crippen LogP contribution in [-0.2, 0) is 0 Å². The quantitative estimate of drug-likeness (QED) is 0.441. The summed E-state index contributed by atoms with van der Waals surface area (Å²) in [6.45, 7) is 2.24. The van der Waals surface area contributed by atoms with E-state index in [4.69, 9.17) is 4.74 Å². The van der Waals surface area contributed by atoms with E-state index in [9.17, 15) is 14.7 Å². The molecular weight excluding hydrogens is 473 g/mol. The van der Waals surface area contributed by atoms with Crippen molar-refractivity contribution in [2.45, 2.75) is 47.7 Å². The van der Waals surface area contributed by atoms with Gasteiger partial charge in [-0.1, -0.05) is 76.9 Å². The van der Waals surface area contributed by atoms with Gasteiger partial charge in [-0.15, -0.1) is 0 Å². The molecular formula is C29H36FN3O4. The zero-order valence-electron chi connectivity index (χ0n) is 18.6. The molecule has 2 atom stereocenters. The fraction of sp³-hybridized carbons (Fsp3) is 0.310. The summed E-state index contributed by atoms with van der Waals surface area (Å²) in [6, 6.07) is 14.6. The van der Waals surface area contributed by atoms with Crippen LogP contribution in [0.4, 0.5) is 4.39 Å². The Labute approximate surface area is 218 Å². The number of halogens is 1. The second-order valence-electron chi connectivity index (χ2n) is 8.42.